The normalized spacial score (nSPS) is 22.1. The maximum atomic E-state index is 13.5. The van der Waals surface area contributed by atoms with Gasteiger partial charge in [0.2, 0.25) is 15.9 Å². The Morgan fingerprint density at radius 2 is 1.63 bits per heavy atom. The van der Waals surface area contributed by atoms with Gasteiger partial charge in [0.05, 0.1) is 18.6 Å². The molecular weight excluding hydrogens is 466 g/mol. The summed E-state index contributed by atoms with van der Waals surface area (Å²) in [5.74, 6) is 1.39. The molecule has 4 rings (SSSR count). The van der Waals surface area contributed by atoms with Gasteiger partial charge in [-0.1, -0.05) is 18.2 Å². The zero-order valence-corrected chi connectivity index (χ0v) is 21.4. The average Bonchev–Trinajstić information content (AvgIpc) is 2.88. The number of hydrogen-bond donors (Lipinski definition) is 0. The summed E-state index contributed by atoms with van der Waals surface area (Å²) in [6.07, 6.45) is 1.66. The number of para-hydroxylation sites is 1. The van der Waals surface area contributed by atoms with Gasteiger partial charge in [-0.2, -0.15) is 4.31 Å². The molecule has 1 amide bonds. The summed E-state index contributed by atoms with van der Waals surface area (Å²) in [6, 6.07) is 15.9. The van der Waals surface area contributed by atoms with Crippen molar-refractivity contribution in [3.8, 4) is 11.5 Å². The molecule has 35 heavy (non-hydrogen) atoms. The van der Waals surface area contributed by atoms with E-state index in [1.807, 2.05) is 35.2 Å². The van der Waals surface area contributed by atoms with Crippen LogP contribution in [0, 0.1) is 5.41 Å². The van der Waals surface area contributed by atoms with Gasteiger partial charge in [0.15, 0.2) is 0 Å². The van der Waals surface area contributed by atoms with Crippen molar-refractivity contribution in [2.24, 2.45) is 5.41 Å². The van der Waals surface area contributed by atoms with E-state index >= 15 is 0 Å². The number of piperazine rings is 1. The van der Waals surface area contributed by atoms with Crippen molar-refractivity contribution in [1.29, 1.82) is 0 Å². The minimum absolute atomic E-state index is 0.0680. The standard InChI is InChI=1S/C26H35N3O5S/c1-27-15-17-28(18-16-27)25(30)19-26(21-34-23-7-4-3-5-8-23)13-6-14-29(20-26)35(31,32)24-11-9-22(33-2)10-12-24/h3-5,7-12H,6,13-21H2,1-2H3/t26-/m0/s1. The summed E-state index contributed by atoms with van der Waals surface area (Å²) >= 11 is 0. The van der Waals surface area contributed by atoms with E-state index in [-0.39, 0.29) is 30.4 Å². The van der Waals surface area contributed by atoms with E-state index in [2.05, 4.69) is 11.9 Å². The second-order valence-corrected chi connectivity index (χ2v) is 11.5. The number of rotatable bonds is 8. The molecule has 2 aliphatic heterocycles. The Bertz CT molecular complexity index is 1090. The quantitative estimate of drug-likeness (QED) is 0.554. The number of likely N-dealkylation sites (N-methyl/N-ethyl adjacent to an activating group) is 1. The van der Waals surface area contributed by atoms with E-state index in [4.69, 9.17) is 9.47 Å². The first-order valence-electron chi connectivity index (χ1n) is 12.1. The first kappa shape index (κ1) is 25.5. The summed E-state index contributed by atoms with van der Waals surface area (Å²) in [5.41, 5.74) is -0.603. The van der Waals surface area contributed by atoms with Crippen LogP contribution in [0.25, 0.3) is 0 Å². The number of carbonyl (C=O) groups excluding carboxylic acids is 1. The van der Waals surface area contributed by atoms with Crippen LogP contribution < -0.4 is 9.47 Å². The SMILES string of the molecule is COc1ccc(S(=O)(=O)N2CCC[C@](COc3ccccc3)(CC(=O)N3CCN(C)CC3)C2)cc1. The van der Waals surface area contributed by atoms with Crippen LogP contribution in [0.4, 0.5) is 0 Å². The average molecular weight is 502 g/mol. The first-order valence-corrected chi connectivity index (χ1v) is 13.5. The van der Waals surface area contributed by atoms with Gasteiger partial charge in [0, 0.05) is 51.1 Å². The van der Waals surface area contributed by atoms with Crippen LogP contribution in [0.2, 0.25) is 0 Å². The van der Waals surface area contributed by atoms with Crippen LogP contribution in [-0.4, -0.2) is 88.5 Å². The molecule has 1 atom stereocenters. The third-order valence-corrected chi connectivity index (χ3v) is 8.85. The molecule has 0 aromatic heterocycles. The van der Waals surface area contributed by atoms with Crippen molar-refractivity contribution >= 4 is 15.9 Å². The van der Waals surface area contributed by atoms with Crippen LogP contribution in [-0.2, 0) is 14.8 Å². The number of carbonyl (C=O) groups is 1. The van der Waals surface area contributed by atoms with Crippen molar-refractivity contribution in [1.82, 2.24) is 14.1 Å². The van der Waals surface area contributed by atoms with Gasteiger partial charge in [-0.15, -0.1) is 0 Å². The molecular formula is C26H35N3O5S. The topological polar surface area (TPSA) is 79.4 Å². The van der Waals surface area contributed by atoms with E-state index < -0.39 is 15.4 Å². The lowest BCUT2D eigenvalue weighted by Gasteiger charge is -2.43. The monoisotopic (exact) mass is 501 g/mol. The molecule has 190 valence electrons. The highest BCUT2D eigenvalue weighted by molar-refractivity contribution is 7.89. The summed E-state index contributed by atoms with van der Waals surface area (Å²) < 4.78 is 39.9. The molecule has 2 fully saturated rings. The Labute approximate surface area is 208 Å². The van der Waals surface area contributed by atoms with E-state index in [1.54, 1.807) is 31.4 Å². The summed E-state index contributed by atoms with van der Waals surface area (Å²) in [6.45, 7) is 4.02. The lowest BCUT2D eigenvalue weighted by molar-refractivity contribution is -0.136. The van der Waals surface area contributed by atoms with Gasteiger partial charge in [0.25, 0.3) is 0 Å². The molecule has 0 unspecified atom stereocenters. The number of nitrogens with zero attached hydrogens (tertiary/aromatic N) is 3. The predicted octanol–water partition coefficient (Wildman–Crippen LogP) is 2.71. The van der Waals surface area contributed by atoms with E-state index in [1.165, 1.54) is 4.31 Å². The molecule has 0 aliphatic carbocycles. The maximum Gasteiger partial charge on any atom is 0.243 e. The molecule has 2 saturated heterocycles. The molecule has 8 nitrogen and oxygen atoms in total. The third-order valence-electron chi connectivity index (χ3n) is 6.99. The number of sulfonamides is 1. The molecule has 0 saturated carbocycles. The summed E-state index contributed by atoms with van der Waals surface area (Å²) in [4.78, 5) is 17.7. The van der Waals surface area contributed by atoms with Crippen LogP contribution >= 0.6 is 0 Å². The molecule has 0 radical (unpaired) electrons. The fraction of sp³-hybridized carbons (Fsp3) is 0.500. The zero-order valence-electron chi connectivity index (χ0n) is 20.6. The van der Waals surface area contributed by atoms with E-state index in [0.717, 1.165) is 19.5 Å². The van der Waals surface area contributed by atoms with Crippen molar-refractivity contribution in [2.45, 2.75) is 24.2 Å². The number of ether oxygens (including phenoxy) is 2. The highest BCUT2D eigenvalue weighted by Gasteiger charge is 2.43. The molecule has 2 aliphatic rings. The van der Waals surface area contributed by atoms with Crippen molar-refractivity contribution in [3.63, 3.8) is 0 Å². The summed E-state index contributed by atoms with van der Waals surface area (Å²) in [5, 5.41) is 0. The third kappa shape index (κ3) is 6.15. The Hall–Kier alpha value is -2.62. The Morgan fingerprint density at radius 3 is 2.29 bits per heavy atom. The lowest BCUT2D eigenvalue weighted by atomic mass is 9.78. The van der Waals surface area contributed by atoms with Gasteiger partial charge < -0.3 is 19.3 Å². The Morgan fingerprint density at radius 1 is 0.943 bits per heavy atom. The number of hydrogen-bond acceptors (Lipinski definition) is 6. The van der Waals surface area contributed by atoms with Gasteiger partial charge >= 0.3 is 0 Å². The van der Waals surface area contributed by atoms with Crippen LogP contribution in [0.3, 0.4) is 0 Å². The Balaban J connectivity index is 1.55. The molecule has 2 aromatic rings. The fourth-order valence-electron chi connectivity index (χ4n) is 4.82. The van der Waals surface area contributed by atoms with E-state index in [0.29, 0.717) is 37.6 Å². The number of benzene rings is 2. The molecule has 0 bridgehead atoms. The molecule has 0 N–H and O–H groups in total. The zero-order chi connectivity index (χ0) is 24.9. The first-order chi connectivity index (χ1) is 16.8. The maximum absolute atomic E-state index is 13.5. The molecule has 0 spiro atoms. The smallest absolute Gasteiger partial charge is 0.243 e. The van der Waals surface area contributed by atoms with Crippen molar-refractivity contribution in [2.75, 3.05) is 60.0 Å². The lowest BCUT2D eigenvalue weighted by Crippen LogP contribution is -2.53. The number of amides is 1. The van der Waals surface area contributed by atoms with Crippen LogP contribution in [0.15, 0.2) is 59.5 Å². The highest BCUT2D eigenvalue weighted by atomic mass is 32.2. The van der Waals surface area contributed by atoms with E-state index in [9.17, 15) is 13.2 Å². The van der Waals surface area contributed by atoms with Crippen LogP contribution in [0.5, 0.6) is 11.5 Å². The second kappa shape index (κ2) is 11.0. The molecule has 2 aromatic carbocycles. The van der Waals surface area contributed by atoms with Gasteiger partial charge in [-0.3, -0.25) is 4.79 Å². The fourth-order valence-corrected chi connectivity index (χ4v) is 6.41. The van der Waals surface area contributed by atoms with Gasteiger partial charge in [-0.05, 0) is 56.3 Å². The largest absolute Gasteiger partial charge is 0.497 e. The molecule has 9 heteroatoms. The minimum Gasteiger partial charge on any atom is -0.497 e. The van der Waals surface area contributed by atoms with Gasteiger partial charge in [-0.25, -0.2) is 8.42 Å². The number of piperidine rings is 1. The molecule has 2 heterocycles. The minimum atomic E-state index is -3.72. The predicted molar refractivity (Wildman–Crippen MR) is 134 cm³/mol. The second-order valence-electron chi connectivity index (χ2n) is 9.58. The highest BCUT2D eigenvalue weighted by Crippen LogP contribution is 2.37. The van der Waals surface area contributed by atoms with Crippen molar-refractivity contribution < 1.29 is 22.7 Å². The van der Waals surface area contributed by atoms with Gasteiger partial charge in [0.1, 0.15) is 11.5 Å². The summed E-state index contributed by atoms with van der Waals surface area (Å²) in [7, 11) is -0.114. The van der Waals surface area contributed by atoms with Crippen molar-refractivity contribution in [3.05, 3.63) is 54.6 Å². The number of methoxy groups -OCH3 is 1. The van der Waals surface area contributed by atoms with Crippen LogP contribution in [0.1, 0.15) is 19.3 Å². The Kier molecular flexibility index (Phi) is 7.98.